The number of nitriles is 1. The summed E-state index contributed by atoms with van der Waals surface area (Å²) in [7, 11) is 0. The summed E-state index contributed by atoms with van der Waals surface area (Å²) in [5.41, 5.74) is -1.05. The normalized spacial score (nSPS) is 20.4. The molecule has 2 fully saturated rings. The van der Waals surface area contributed by atoms with Crippen molar-refractivity contribution in [1.29, 1.82) is 5.26 Å². The van der Waals surface area contributed by atoms with Crippen LogP contribution in [0.1, 0.15) is 31.2 Å². The van der Waals surface area contributed by atoms with Crippen LogP contribution in [0.2, 0.25) is 0 Å². The first-order chi connectivity index (χ1) is 11.9. The molecule has 0 spiro atoms. The highest BCUT2D eigenvalue weighted by Crippen LogP contribution is 2.39. The number of anilines is 1. The van der Waals surface area contributed by atoms with Crippen LogP contribution in [-0.2, 0) is 11.0 Å². The summed E-state index contributed by atoms with van der Waals surface area (Å²) < 4.78 is 38.6. The van der Waals surface area contributed by atoms with Gasteiger partial charge in [-0.2, -0.15) is 18.4 Å². The second-order valence-corrected chi connectivity index (χ2v) is 6.73. The topological polar surface area (TPSA) is 47.3 Å². The average Bonchev–Trinajstić information content (AvgIpc) is 3.11. The maximum atomic E-state index is 12.9. The van der Waals surface area contributed by atoms with E-state index in [-0.39, 0.29) is 5.91 Å². The largest absolute Gasteiger partial charge is 0.416 e. The van der Waals surface area contributed by atoms with Gasteiger partial charge in [0.2, 0.25) is 5.91 Å². The molecule has 3 rings (SSSR count). The van der Waals surface area contributed by atoms with Gasteiger partial charge in [-0.15, -0.1) is 0 Å². The van der Waals surface area contributed by atoms with Crippen LogP contribution in [-0.4, -0.2) is 37.0 Å². The highest BCUT2D eigenvalue weighted by Gasteiger charge is 2.44. The summed E-state index contributed by atoms with van der Waals surface area (Å²) in [5.74, 6) is -0.115. The van der Waals surface area contributed by atoms with Gasteiger partial charge in [0.1, 0.15) is 5.41 Å². The second kappa shape index (κ2) is 6.58. The fourth-order valence-electron chi connectivity index (χ4n) is 3.70. The van der Waals surface area contributed by atoms with Gasteiger partial charge in [0, 0.05) is 31.9 Å². The van der Waals surface area contributed by atoms with Crippen molar-refractivity contribution in [3.63, 3.8) is 0 Å². The zero-order chi connectivity index (χ0) is 18.1. The Labute approximate surface area is 144 Å². The summed E-state index contributed by atoms with van der Waals surface area (Å²) in [6.45, 7) is 1.79. The van der Waals surface area contributed by atoms with Crippen LogP contribution in [0.5, 0.6) is 0 Å². The van der Waals surface area contributed by atoms with Crippen molar-refractivity contribution in [3.05, 3.63) is 29.8 Å². The molecule has 1 aromatic rings. The van der Waals surface area contributed by atoms with Gasteiger partial charge in [0.15, 0.2) is 0 Å². The molecule has 2 aliphatic rings. The van der Waals surface area contributed by atoms with Gasteiger partial charge >= 0.3 is 6.18 Å². The smallest absolute Gasteiger partial charge is 0.368 e. The van der Waals surface area contributed by atoms with Crippen molar-refractivity contribution in [2.24, 2.45) is 5.41 Å². The van der Waals surface area contributed by atoms with E-state index in [2.05, 4.69) is 6.07 Å². The second-order valence-electron chi connectivity index (χ2n) is 6.73. The molecule has 1 aliphatic carbocycles. The lowest BCUT2D eigenvalue weighted by Gasteiger charge is -2.38. The third-order valence-electron chi connectivity index (χ3n) is 5.19. The Morgan fingerprint density at radius 2 is 1.76 bits per heavy atom. The predicted octanol–water partition coefficient (Wildman–Crippen LogP) is 3.44. The lowest BCUT2D eigenvalue weighted by atomic mass is 9.86. The van der Waals surface area contributed by atoms with Gasteiger partial charge in [-0.25, -0.2) is 0 Å². The van der Waals surface area contributed by atoms with Crippen LogP contribution in [0, 0.1) is 16.7 Å². The number of rotatable bonds is 2. The Bertz CT molecular complexity index is 682. The lowest BCUT2D eigenvalue weighted by molar-refractivity contribution is -0.139. The first kappa shape index (κ1) is 17.6. The minimum atomic E-state index is -4.37. The number of carbonyl (C=O) groups excluding carboxylic acids is 1. The van der Waals surface area contributed by atoms with Crippen LogP contribution < -0.4 is 4.90 Å². The van der Waals surface area contributed by atoms with E-state index in [1.807, 2.05) is 4.90 Å². The van der Waals surface area contributed by atoms with E-state index in [0.717, 1.165) is 25.0 Å². The first-order valence-corrected chi connectivity index (χ1v) is 8.49. The minimum Gasteiger partial charge on any atom is -0.368 e. The average molecular weight is 351 g/mol. The van der Waals surface area contributed by atoms with E-state index >= 15 is 0 Å². The Kier molecular flexibility index (Phi) is 4.63. The van der Waals surface area contributed by atoms with Gasteiger partial charge < -0.3 is 9.80 Å². The fourth-order valence-corrected chi connectivity index (χ4v) is 3.70. The van der Waals surface area contributed by atoms with E-state index in [0.29, 0.717) is 44.7 Å². The quantitative estimate of drug-likeness (QED) is 0.820. The monoisotopic (exact) mass is 351 g/mol. The molecular weight excluding hydrogens is 331 g/mol. The van der Waals surface area contributed by atoms with Crippen LogP contribution in [0.4, 0.5) is 18.9 Å². The summed E-state index contributed by atoms with van der Waals surface area (Å²) in [6, 6.07) is 7.47. The molecule has 1 amide bonds. The van der Waals surface area contributed by atoms with Gasteiger partial charge in [0.25, 0.3) is 0 Å². The van der Waals surface area contributed by atoms with Crippen LogP contribution in [0.15, 0.2) is 24.3 Å². The number of nitrogens with zero attached hydrogens (tertiary/aromatic N) is 3. The number of carbonyl (C=O) groups is 1. The number of halogens is 3. The van der Waals surface area contributed by atoms with Crippen LogP contribution in [0.25, 0.3) is 0 Å². The number of piperazine rings is 1. The van der Waals surface area contributed by atoms with Crippen molar-refractivity contribution in [1.82, 2.24) is 4.90 Å². The van der Waals surface area contributed by atoms with Crippen molar-refractivity contribution in [2.75, 3.05) is 31.1 Å². The molecule has 25 heavy (non-hydrogen) atoms. The molecular formula is C18H20F3N3O. The zero-order valence-electron chi connectivity index (χ0n) is 13.9. The Morgan fingerprint density at radius 3 is 2.32 bits per heavy atom. The molecule has 7 heteroatoms. The lowest BCUT2D eigenvalue weighted by Crippen LogP contribution is -2.52. The summed E-state index contributed by atoms with van der Waals surface area (Å²) in [5, 5.41) is 9.44. The van der Waals surface area contributed by atoms with E-state index < -0.39 is 17.2 Å². The van der Waals surface area contributed by atoms with E-state index in [1.165, 1.54) is 6.07 Å². The van der Waals surface area contributed by atoms with Crippen molar-refractivity contribution in [3.8, 4) is 6.07 Å². The Hall–Kier alpha value is -2.23. The molecule has 4 nitrogen and oxygen atoms in total. The summed E-state index contributed by atoms with van der Waals surface area (Å²) >= 11 is 0. The zero-order valence-corrected chi connectivity index (χ0v) is 13.9. The van der Waals surface area contributed by atoms with Gasteiger partial charge in [-0.1, -0.05) is 18.9 Å². The van der Waals surface area contributed by atoms with Crippen LogP contribution in [0.3, 0.4) is 0 Å². The fraction of sp³-hybridized carbons (Fsp3) is 0.556. The minimum absolute atomic E-state index is 0.115. The van der Waals surface area contributed by atoms with Gasteiger partial charge in [-0.05, 0) is 31.0 Å². The third kappa shape index (κ3) is 3.44. The molecule has 0 radical (unpaired) electrons. The summed E-state index contributed by atoms with van der Waals surface area (Å²) in [4.78, 5) is 16.3. The first-order valence-electron chi connectivity index (χ1n) is 8.49. The highest BCUT2D eigenvalue weighted by atomic mass is 19.4. The maximum Gasteiger partial charge on any atom is 0.416 e. The highest BCUT2D eigenvalue weighted by molar-refractivity contribution is 5.86. The molecule has 0 N–H and O–H groups in total. The third-order valence-corrected chi connectivity index (χ3v) is 5.19. The van der Waals surface area contributed by atoms with Crippen molar-refractivity contribution in [2.45, 2.75) is 31.9 Å². The Morgan fingerprint density at radius 1 is 1.12 bits per heavy atom. The van der Waals surface area contributed by atoms with E-state index in [9.17, 15) is 23.2 Å². The van der Waals surface area contributed by atoms with E-state index in [1.54, 1.807) is 11.0 Å². The molecule has 1 aliphatic heterocycles. The molecule has 134 valence electrons. The van der Waals surface area contributed by atoms with Crippen molar-refractivity contribution < 1.29 is 18.0 Å². The number of hydrogen-bond acceptors (Lipinski definition) is 3. The number of alkyl halides is 3. The molecule has 0 atom stereocenters. The number of benzene rings is 1. The van der Waals surface area contributed by atoms with E-state index in [4.69, 9.17) is 0 Å². The standard InChI is InChI=1S/C18H20F3N3O/c19-18(20,21)14-4-3-5-15(12-14)23-8-10-24(11-9-23)16(25)17(13-22)6-1-2-7-17/h3-5,12H,1-2,6-11H2. The van der Waals surface area contributed by atoms with Crippen molar-refractivity contribution >= 4 is 11.6 Å². The molecule has 1 saturated heterocycles. The molecule has 1 saturated carbocycles. The SMILES string of the molecule is N#CC1(C(=O)N2CCN(c3cccc(C(F)(F)F)c3)CC2)CCCC1. The number of hydrogen-bond donors (Lipinski definition) is 0. The molecule has 0 bridgehead atoms. The summed E-state index contributed by atoms with van der Waals surface area (Å²) in [6.07, 6.45) is -1.37. The molecule has 0 aromatic heterocycles. The molecule has 0 unspecified atom stereocenters. The van der Waals surface area contributed by atoms with Gasteiger partial charge in [-0.3, -0.25) is 4.79 Å². The Balaban J connectivity index is 1.66. The molecule has 1 aromatic carbocycles. The maximum absolute atomic E-state index is 12.9. The van der Waals surface area contributed by atoms with Crippen LogP contribution >= 0.6 is 0 Å². The van der Waals surface area contributed by atoms with Gasteiger partial charge in [0.05, 0.1) is 11.6 Å². The number of amides is 1. The molecule has 1 heterocycles. The predicted molar refractivity (Wildman–Crippen MR) is 86.8 cm³/mol.